The number of rotatable bonds is 6. The van der Waals surface area contributed by atoms with E-state index in [2.05, 4.69) is 31.0 Å². The van der Waals surface area contributed by atoms with Gasteiger partial charge in [-0.3, -0.25) is 0 Å². The molecule has 0 fully saturated rings. The van der Waals surface area contributed by atoms with Gasteiger partial charge in [0.05, 0.1) is 18.8 Å². The highest BCUT2D eigenvalue weighted by atomic mass is 79.9. The molecule has 116 valence electrons. The summed E-state index contributed by atoms with van der Waals surface area (Å²) in [5.41, 5.74) is 0. The molecule has 0 aliphatic carbocycles. The zero-order valence-corrected chi connectivity index (χ0v) is 14.2. The number of oxazole rings is 1. The number of aryl methyl sites for hydroxylation is 1. The SMILES string of the molecule is CNCc1cc(S(=O)(=O)NC(C)c2ncc(C)o2)c(Br)o1. The average Bonchev–Trinajstić information content (AvgIpc) is 2.96. The van der Waals surface area contributed by atoms with E-state index in [4.69, 9.17) is 8.83 Å². The van der Waals surface area contributed by atoms with Crippen molar-refractivity contribution < 1.29 is 17.3 Å². The number of halogens is 1. The monoisotopic (exact) mass is 377 g/mol. The molecule has 0 aliphatic rings. The molecule has 0 spiro atoms. The first-order valence-corrected chi connectivity index (χ1v) is 8.48. The smallest absolute Gasteiger partial charge is 0.245 e. The van der Waals surface area contributed by atoms with Crippen LogP contribution in [0.25, 0.3) is 0 Å². The molecule has 2 rings (SSSR count). The molecule has 2 aromatic rings. The van der Waals surface area contributed by atoms with Crippen LogP contribution >= 0.6 is 15.9 Å². The quantitative estimate of drug-likeness (QED) is 0.799. The van der Waals surface area contributed by atoms with E-state index in [-0.39, 0.29) is 9.56 Å². The second-order valence-electron chi connectivity index (χ2n) is 4.53. The molecule has 1 unspecified atom stereocenters. The summed E-state index contributed by atoms with van der Waals surface area (Å²) in [7, 11) is -2.00. The highest BCUT2D eigenvalue weighted by Crippen LogP contribution is 2.27. The average molecular weight is 378 g/mol. The summed E-state index contributed by atoms with van der Waals surface area (Å²) in [4.78, 5) is 4.06. The summed E-state index contributed by atoms with van der Waals surface area (Å²) in [6.07, 6.45) is 1.54. The predicted molar refractivity (Wildman–Crippen MR) is 79.1 cm³/mol. The van der Waals surface area contributed by atoms with Crippen LogP contribution in [0, 0.1) is 6.92 Å². The van der Waals surface area contributed by atoms with Crippen molar-refractivity contribution in [1.29, 1.82) is 0 Å². The van der Waals surface area contributed by atoms with E-state index in [1.54, 1.807) is 27.1 Å². The summed E-state index contributed by atoms with van der Waals surface area (Å²) in [5, 5.41) is 2.89. The Morgan fingerprint density at radius 1 is 1.43 bits per heavy atom. The molecule has 2 aromatic heterocycles. The molecule has 9 heteroatoms. The molecule has 0 aliphatic heterocycles. The fourth-order valence-electron chi connectivity index (χ4n) is 1.76. The standard InChI is InChI=1S/C12H16BrN3O4S/c1-7-5-15-12(19-7)8(2)16-21(17,18)10-4-9(6-14-3)20-11(10)13/h4-5,8,14,16H,6H2,1-3H3. The van der Waals surface area contributed by atoms with Crippen LogP contribution in [0.3, 0.4) is 0 Å². The third-order valence-electron chi connectivity index (χ3n) is 2.69. The predicted octanol–water partition coefficient (Wildman–Crippen LogP) is 2.10. The Labute approximate surface area is 131 Å². The fraction of sp³-hybridized carbons (Fsp3) is 0.417. The van der Waals surface area contributed by atoms with Gasteiger partial charge < -0.3 is 14.2 Å². The first-order chi connectivity index (χ1) is 9.83. The van der Waals surface area contributed by atoms with Gasteiger partial charge in [-0.25, -0.2) is 13.4 Å². The lowest BCUT2D eigenvalue weighted by molar-refractivity contribution is 0.427. The van der Waals surface area contributed by atoms with E-state index in [0.717, 1.165) is 0 Å². The second kappa shape index (κ2) is 6.30. The van der Waals surface area contributed by atoms with Crippen LogP contribution in [0.4, 0.5) is 0 Å². The minimum Gasteiger partial charge on any atom is -0.452 e. The third-order valence-corrected chi connectivity index (χ3v) is 5.09. The zero-order chi connectivity index (χ0) is 15.6. The van der Waals surface area contributed by atoms with Crippen molar-refractivity contribution in [3.8, 4) is 0 Å². The van der Waals surface area contributed by atoms with E-state index in [1.165, 1.54) is 6.07 Å². The number of aromatic nitrogens is 1. The van der Waals surface area contributed by atoms with Crippen molar-refractivity contribution in [3.05, 3.63) is 34.3 Å². The number of furan rings is 1. The Balaban J connectivity index is 2.22. The lowest BCUT2D eigenvalue weighted by Gasteiger charge is -2.10. The largest absolute Gasteiger partial charge is 0.452 e. The Morgan fingerprint density at radius 3 is 2.71 bits per heavy atom. The van der Waals surface area contributed by atoms with Gasteiger partial charge in [-0.1, -0.05) is 0 Å². The van der Waals surface area contributed by atoms with Crippen molar-refractivity contribution in [2.24, 2.45) is 0 Å². The Bertz CT molecular complexity index is 723. The molecule has 0 radical (unpaired) electrons. The third kappa shape index (κ3) is 3.73. The molecule has 2 N–H and O–H groups in total. The van der Waals surface area contributed by atoms with Crippen molar-refractivity contribution in [2.45, 2.75) is 31.3 Å². The molecular formula is C12H16BrN3O4S. The Kier molecular flexibility index (Phi) is 4.87. The van der Waals surface area contributed by atoms with Crippen molar-refractivity contribution in [3.63, 3.8) is 0 Å². The van der Waals surface area contributed by atoms with Gasteiger partial charge in [-0.05, 0) is 36.8 Å². The lowest BCUT2D eigenvalue weighted by atomic mass is 10.4. The molecule has 1 atom stereocenters. The maximum atomic E-state index is 12.4. The van der Waals surface area contributed by atoms with Crippen LogP contribution in [0.1, 0.15) is 30.4 Å². The number of hydrogen-bond acceptors (Lipinski definition) is 6. The van der Waals surface area contributed by atoms with Crippen LogP contribution in [0.2, 0.25) is 0 Å². The van der Waals surface area contributed by atoms with Gasteiger partial charge in [-0.2, -0.15) is 4.72 Å². The molecule has 0 amide bonds. The number of hydrogen-bond donors (Lipinski definition) is 2. The van der Waals surface area contributed by atoms with Gasteiger partial charge in [0.15, 0.2) is 4.67 Å². The van der Waals surface area contributed by atoms with Gasteiger partial charge in [0.1, 0.15) is 16.4 Å². The fourth-order valence-corrected chi connectivity index (χ4v) is 3.96. The minimum atomic E-state index is -3.74. The number of nitrogens with one attached hydrogen (secondary N) is 2. The zero-order valence-electron chi connectivity index (χ0n) is 11.8. The van der Waals surface area contributed by atoms with E-state index in [9.17, 15) is 8.42 Å². The Morgan fingerprint density at radius 2 is 2.14 bits per heavy atom. The second-order valence-corrected chi connectivity index (χ2v) is 6.94. The Hall–Kier alpha value is -1.16. The maximum absolute atomic E-state index is 12.4. The molecule has 21 heavy (non-hydrogen) atoms. The molecule has 7 nitrogen and oxygen atoms in total. The minimum absolute atomic E-state index is 0.0443. The molecule has 0 saturated carbocycles. The molecular weight excluding hydrogens is 362 g/mol. The molecule has 0 aromatic carbocycles. The van der Waals surface area contributed by atoms with Gasteiger partial charge in [0.2, 0.25) is 15.9 Å². The number of nitrogens with zero attached hydrogens (tertiary/aromatic N) is 1. The van der Waals surface area contributed by atoms with E-state index in [0.29, 0.717) is 24.0 Å². The van der Waals surface area contributed by atoms with Crippen LogP contribution < -0.4 is 10.0 Å². The first-order valence-electron chi connectivity index (χ1n) is 6.21. The van der Waals surface area contributed by atoms with Gasteiger partial charge in [0, 0.05) is 6.07 Å². The van der Waals surface area contributed by atoms with Crippen LogP contribution in [-0.4, -0.2) is 20.4 Å². The molecule has 2 heterocycles. The van der Waals surface area contributed by atoms with E-state index < -0.39 is 16.1 Å². The van der Waals surface area contributed by atoms with Crippen LogP contribution in [0.15, 0.2) is 30.7 Å². The first kappa shape index (κ1) is 16.2. The summed E-state index contributed by atoms with van der Waals surface area (Å²) in [6, 6.07) is 0.884. The van der Waals surface area contributed by atoms with Crippen molar-refractivity contribution >= 4 is 26.0 Å². The highest BCUT2D eigenvalue weighted by Gasteiger charge is 2.26. The highest BCUT2D eigenvalue weighted by molar-refractivity contribution is 9.10. The number of sulfonamides is 1. The van der Waals surface area contributed by atoms with Crippen LogP contribution in [-0.2, 0) is 16.6 Å². The van der Waals surface area contributed by atoms with Gasteiger partial charge in [0.25, 0.3) is 0 Å². The molecule has 0 bridgehead atoms. The summed E-state index contributed by atoms with van der Waals surface area (Å²) >= 11 is 3.12. The normalized spacial score (nSPS) is 13.5. The van der Waals surface area contributed by atoms with Crippen molar-refractivity contribution in [1.82, 2.24) is 15.0 Å². The maximum Gasteiger partial charge on any atom is 0.245 e. The topological polar surface area (TPSA) is 97.4 Å². The van der Waals surface area contributed by atoms with Crippen LogP contribution in [0.5, 0.6) is 0 Å². The summed E-state index contributed by atoms with van der Waals surface area (Å²) < 4.78 is 38.1. The molecule has 0 saturated heterocycles. The van der Waals surface area contributed by atoms with Crippen molar-refractivity contribution in [2.75, 3.05) is 7.05 Å². The van der Waals surface area contributed by atoms with Gasteiger partial charge in [-0.15, -0.1) is 0 Å². The van der Waals surface area contributed by atoms with Gasteiger partial charge >= 0.3 is 0 Å². The summed E-state index contributed by atoms with van der Waals surface area (Å²) in [5.74, 6) is 1.45. The van der Waals surface area contributed by atoms with E-state index in [1.807, 2.05) is 0 Å². The lowest BCUT2D eigenvalue weighted by Crippen LogP contribution is -2.27. The van der Waals surface area contributed by atoms with E-state index >= 15 is 0 Å². The summed E-state index contributed by atoms with van der Waals surface area (Å²) in [6.45, 7) is 3.84.